The van der Waals surface area contributed by atoms with Crippen molar-refractivity contribution in [2.24, 2.45) is 4.99 Å². The van der Waals surface area contributed by atoms with Crippen LogP contribution in [0.1, 0.15) is 62.0 Å². The summed E-state index contributed by atoms with van der Waals surface area (Å²) in [4.78, 5) is 19.6. The summed E-state index contributed by atoms with van der Waals surface area (Å²) in [5.41, 5.74) is -1.44. The number of aromatic nitrogens is 3. The Bertz CT molecular complexity index is 729. The second kappa shape index (κ2) is 8.29. The highest BCUT2D eigenvalue weighted by atomic mass is 19.4. The average molecular weight is 370 g/mol. The van der Waals surface area contributed by atoms with Crippen molar-refractivity contribution in [3.63, 3.8) is 0 Å². The molecule has 0 aromatic carbocycles. The molecule has 0 aliphatic heterocycles. The van der Waals surface area contributed by atoms with E-state index in [-0.39, 0.29) is 24.3 Å². The molecular weight excluding hydrogens is 349 g/mol. The molecule has 0 atom stereocenters. The van der Waals surface area contributed by atoms with Crippen LogP contribution in [0.3, 0.4) is 0 Å². The highest BCUT2D eigenvalue weighted by Crippen LogP contribution is 2.36. The van der Waals surface area contributed by atoms with Crippen LogP contribution in [-0.2, 0) is 4.74 Å². The van der Waals surface area contributed by atoms with Gasteiger partial charge in [-0.1, -0.05) is 25.0 Å². The molecule has 1 saturated carbocycles. The molecule has 0 bridgehead atoms. The highest BCUT2D eigenvalue weighted by molar-refractivity contribution is 5.85. The van der Waals surface area contributed by atoms with Crippen molar-refractivity contribution in [3.8, 4) is 0 Å². The zero-order valence-electron chi connectivity index (χ0n) is 14.7. The summed E-state index contributed by atoms with van der Waals surface area (Å²) in [5, 5.41) is 4.12. The SMILES string of the molecule is C=N/C(=C(\C=C/C)C(F)(F)F)c1nc(C(=O)OCC)nn1C1CCCC1. The number of aliphatic imine (C=N–C) groups is 1. The van der Waals surface area contributed by atoms with Gasteiger partial charge in [-0.2, -0.15) is 18.2 Å². The van der Waals surface area contributed by atoms with Crippen molar-refractivity contribution in [3.05, 3.63) is 29.4 Å². The molecule has 0 spiro atoms. The Labute approximate surface area is 149 Å². The largest absolute Gasteiger partial charge is 0.460 e. The van der Waals surface area contributed by atoms with Gasteiger partial charge in [0, 0.05) is 0 Å². The Kier molecular flexibility index (Phi) is 6.33. The first-order valence-corrected chi connectivity index (χ1v) is 8.38. The third kappa shape index (κ3) is 4.20. The molecule has 0 N–H and O–H groups in total. The normalized spacial score (nSPS) is 16.8. The molecule has 1 aliphatic carbocycles. The fraction of sp³-hybridized carbons (Fsp3) is 0.529. The fourth-order valence-electron chi connectivity index (χ4n) is 2.92. The number of ether oxygens (including phenoxy) is 1. The van der Waals surface area contributed by atoms with Crippen LogP contribution >= 0.6 is 0 Å². The standard InChI is InChI=1S/C17H21F3N4O2/c1-4-8-12(17(18,19)20)13(21-3)15-22-14(16(25)26-5-2)23-24(15)11-9-6-7-10-11/h4,8,11H,3,5-7,9-10H2,1-2H3/b8-4-,13-12+. The number of rotatable bonds is 6. The van der Waals surface area contributed by atoms with Gasteiger partial charge in [-0.25, -0.2) is 9.48 Å². The maximum Gasteiger partial charge on any atom is 0.418 e. The van der Waals surface area contributed by atoms with Gasteiger partial charge in [0.1, 0.15) is 5.70 Å². The van der Waals surface area contributed by atoms with Crippen molar-refractivity contribution in [2.45, 2.75) is 51.7 Å². The van der Waals surface area contributed by atoms with Crippen molar-refractivity contribution < 1.29 is 22.7 Å². The van der Waals surface area contributed by atoms with Crippen LogP contribution in [0.15, 0.2) is 22.7 Å². The Morgan fingerprint density at radius 3 is 2.58 bits per heavy atom. The van der Waals surface area contributed by atoms with Gasteiger partial charge in [0.05, 0.1) is 18.2 Å². The first-order valence-electron chi connectivity index (χ1n) is 8.38. The summed E-state index contributed by atoms with van der Waals surface area (Å²) in [6, 6.07) is -0.141. The first kappa shape index (κ1) is 19.9. The quantitative estimate of drug-likeness (QED) is 0.429. The summed E-state index contributed by atoms with van der Waals surface area (Å²) >= 11 is 0. The van der Waals surface area contributed by atoms with Crippen LogP contribution in [-0.4, -0.2) is 40.2 Å². The lowest BCUT2D eigenvalue weighted by molar-refractivity contribution is -0.0877. The van der Waals surface area contributed by atoms with E-state index in [0.29, 0.717) is 0 Å². The molecule has 0 amide bonds. The van der Waals surface area contributed by atoms with Crippen molar-refractivity contribution in [1.29, 1.82) is 0 Å². The molecule has 142 valence electrons. The van der Waals surface area contributed by atoms with E-state index >= 15 is 0 Å². The Morgan fingerprint density at radius 2 is 2.08 bits per heavy atom. The Hall–Kier alpha value is -2.45. The van der Waals surface area contributed by atoms with Crippen molar-refractivity contribution in [1.82, 2.24) is 14.8 Å². The molecule has 0 unspecified atom stereocenters. The molecule has 26 heavy (non-hydrogen) atoms. The van der Waals surface area contributed by atoms with Gasteiger partial charge in [-0.05, 0) is 33.4 Å². The molecule has 1 aromatic rings. The molecule has 1 aliphatic rings. The number of nitrogens with zero attached hydrogens (tertiary/aromatic N) is 4. The lowest BCUT2D eigenvalue weighted by Gasteiger charge is -2.15. The van der Waals surface area contributed by atoms with Crippen LogP contribution in [0.25, 0.3) is 5.70 Å². The Balaban J connectivity index is 2.67. The zero-order valence-corrected chi connectivity index (χ0v) is 14.7. The van der Waals surface area contributed by atoms with E-state index in [1.165, 1.54) is 17.7 Å². The molecule has 9 heteroatoms. The van der Waals surface area contributed by atoms with Gasteiger partial charge in [0.25, 0.3) is 5.82 Å². The van der Waals surface area contributed by atoms with Gasteiger partial charge in [0.15, 0.2) is 5.82 Å². The maximum absolute atomic E-state index is 13.5. The number of allylic oxidation sites excluding steroid dienone is 3. The monoisotopic (exact) mass is 370 g/mol. The van der Waals surface area contributed by atoms with E-state index in [2.05, 4.69) is 21.8 Å². The fourth-order valence-corrected chi connectivity index (χ4v) is 2.92. The molecule has 1 aromatic heterocycles. The lowest BCUT2D eigenvalue weighted by Crippen LogP contribution is -2.16. The third-order valence-corrected chi connectivity index (χ3v) is 4.02. The maximum atomic E-state index is 13.5. The lowest BCUT2D eigenvalue weighted by atomic mass is 10.1. The number of halogens is 3. The molecule has 6 nitrogen and oxygen atoms in total. The predicted octanol–water partition coefficient (Wildman–Crippen LogP) is 4.12. The average Bonchev–Trinajstić information content (AvgIpc) is 3.23. The summed E-state index contributed by atoms with van der Waals surface area (Å²) in [7, 11) is 0. The second-order valence-electron chi connectivity index (χ2n) is 5.78. The zero-order chi connectivity index (χ0) is 19.3. The molecule has 1 heterocycles. The first-order chi connectivity index (χ1) is 12.3. The number of hydrogen-bond acceptors (Lipinski definition) is 5. The van der Waals surface area contributed by atoms with Gasteiger partial charge in [-0.3, -0.25) is 4.99 Å². The summed E-state index contributed by atoms with van der Waals surface area (Å²) in [6.45, 7) is 6.48. The summed E-state index contributed by atoms with van der Waals surface area (Å²) < 4.78 is 46.7. The van der Waals surface area contributed by atoms with Crippen LogP contribution in [0.5, 0.6) is 0 Å². The predicted molar refractivity (Wildman–Crippen MR) is 90.8 cm³/mol. The van der Waals surface area contributed by atoms with Crippen LogP contribution < -0.4 is 0 Å². The van der Waals surface area contributed by atoms with E-state index in [1.54, 1.807) is 6.92 Å². The van der Waals surface area contributed by atoms with E-state index in [1.807, 2.05) is 0 Å². The van der Waals surface area contributed by atoms with Gasteiger partial charge >= 0.3 is 12.1 Å². The number of hydrogen-bond donors (Lipinski definition) is 0. The van der Waals surface area contributed by atoms with Crippen molar-refractivity contribution in [2.75, 3.05) is 6.61 Å². The molecule has 0 saturated heterocycles. The third-order valence-electron chi connectivity index (χ3n) is 4.02. The van der Waals surface area contributed by atoms with Crippen LogP contribution in [0, 0.1) is 0 Å². The summed E-state index contributed by atoms with van der Waals surface area (Å²) in [6.07, 6.45) is 0.862. The number of alkyl halides is 3. The topological polar surface area (TPSA) is 69.4 Å². The number of carbonyl (C=O) groups excluding carboxylic acids is 1. The molecular formula is C17H21F3N4O2. The minimum Gasteiger partial charge on any atom is -0.460 e. The molecule has 1 fully saturated rings. The minimum atomic E-state index is -4.65. The molecule has 0 radical (unpaired) electrons. The van der Waals surface area contributed by atoms with Gasteiger partial charge in [-0.15, -0.1) is 5.10 Å². The Morgan fingerprint density at radius 1 is 1.42 bits per heavy atom. The van der Waals surface area contributed by atoms with E-state index in [9.17, 15) is 18.0 Å². The number of carbonyl (C=O) groups is 1. The molecule has 2 rings (SSSR count). The van der Waals surface area contributed by atoms with Crippen LogP contribution in [0.4, 0.5) is 13.2 Å². The highest BCUT2D eigenvalue weighted by Gasteiger charge is 2.37. The van der Waals surface area contributed by atoms with Crippen molar-refractivity contribution >= 4 is 18.4 Å². The second-order valence-corrected chi connectivity index (χ2v) is 5.78. The summed E-state index contributed by atoms with van der Waals surface area (Å²) in [5.74, 6) is -1.19. The van der Waals surface area contributed by atoms with Crippen LogP contribution in [0.2, 0.25) is 0 Å². The van der Waals surface area contributed by atoms with E-state index in [0.717, 1.165) is 31.8 Å². The van der Waals surface area contributed by atoms with E-state index < -0.39 is 23.4 Å². The minimum absolute atomic E-state index is 0.112. The number of esters is 1. The van der Waals surface area contributed by atoms with Gasteiger partial charge < -0.3 is 4.74 Å². The van der Waals surface area contributed by atoms with E-state index in [4.69, 9.17) is 4.74 Å². The smallest absolute Gasteiger partial charge is 0.418 e. The van der Waals surface area contributed by atoms with Gasteiger partial charge in [0.2, 0.25) is 0 Å².